The van der Waals surface area contributed by atoms with Crippen molar-refractivity contribution < 1.29 is 15.0 Å². The lowest BCUT2D eigenvalue weighted by Crippen LogP contribution is -2.01. The summed E-state index contributed by atoms with van der Waals surface area (Å²) >= 11 is 0. The van der Waals surface area contributed by atoms with Gasteiger partial charge in [0.25, 0.3) is 0 Å². The van der Waals surface area contributed by atoms with Gasteiger partial charge in [0.15, 0.2) is 0 Å². The third-order valence-corrected chi connectivity index (χ3v) is 3.81. The fraction of sp³-hybridized carbons (Fsp3) is 0. The molecule has 0 saturated carbocycles. The number of hydrogen-bond acceptors (Lipinski definition) is 4. The van der Waals surface area contributed by atoms with Crippen molar-refractivity contribution in [3.05, 3.63) is 66.2 Å². The molecule has 24 heavy (non-hydrogen) atoms. The first-order valence-corrected chi connectivity index (χ1v) is 7.28. The van der Waals surface area contributed by atoms with E-state index in [0.29, 0.717) is 22.5 Å². The third-order valence-electron chi connectivity index (χ3n) is 3.81. The first kappa shape index (κ1) is 15.4. The highest BCUT2D eigenvalue weighted by Crippen LogP contribution is 2.38. The molecule has 5 heteroatoms. The van der Waals surface area contributed by atoms with Crippen molar-refractivity contribution >= 4 is 17.3 Å². The van der Waals surface area contributed by atoms with E-state index in [-0.39, 0.29) is 11.3 Å². The molecule has 0 saturated heterocycles. The highest BCUT2D eigenvalue weighted by molar-refractivity contribution is 6.01. The van der Waals surface area contributed by atoms with Crippen molar-refractivity contribution in [1.29, 1.82) is 0 Å². The van der Waals surface area contributed by atoms with Gasteiger partial charge in [-0.3, -0.25) is 0 Å². The molecule has 3 rings (SSSR count). The minimum atomic E-state index is -1.20. The van der Waals surface area contributed by atoms with Crippen molar-refractivity contribution in [3.8, 4) is 28.0 Å². The molecular formula is C19H16N2O3. The molecule has 0 amide bonds. The Labute approximate surface area is 138 Å². The van der Waals surface area contributed by atoms with Crippen LogP contribution in [0.2, 0.25) is 0 Å². The van der Waals surface area contributed by atoms with Crippen molar-refractivity contribution in [2.75, 3.05) is 11.5 Å². The van der Waals surface area contributed by atoms with E-state index in [4.69, 9.17) is 11.5 Å². The molecule has 5 nitrogen and oxygen atoms in total. The van der Waals surface area contributed by atoms with Crippen LogP contribution in [-0.4, -0.2) is 16.2 Å². The molecule has 0 unspecified atom stereocenters. The van der Waals surface area contributed by atoms with E-state index < -0.39 is 5.97 Å². The Balaban J connectivity index is 2.30. The predicted molar refractivity (Wildman–Crippen MR) is 94.8 cm³/mol. The van der Waals surface area contributed by atoms with Crippen LogP contribution < -0.4 is 11.5 Å². The van der Waals surface area contributed by atoms with E-state index in [1.807, 2.05) is 18.2 Å². The third kappa shape index (κ3) is 2.75. The molecule has 0 aliphatic rings. The molecule has 0 fully saturated rings. The highest BCUT2D eigenvalue weighted by atomic mass is 16.4. The maximum atomic E-state index is 11.6. The van der Waals surface area contributed by atoms with Crippen LogP contribution in [0.5, 0.6) is 5.75 Å². The zero-order valence-electron chi connectivity index (χ0n) is 12.7. The fourth-order valence-electron chi connectivity index (χ4n) is 2.69. The van der Waals surface area contributed by atoms with Crippen LogP contribution in [0.25, 0.3) is 22.3 Å². The lowest BCUT2D eigenvalue weighted by Gasteiger charge is -2.14. The first-order valence-electron chi connectivity index (χ1n) is 7.28. The molecule has 0 aliphatic carbocycles. The summed E-state index contributed by atoms with van der Waals surface area (Å²) < 4.78 is 0. The molecule has 0 atom stereocenters. The Kier molecular flexibility index (Phi) is 3.83. The first-order chi connectivity index (χ1) is 11.5. The van der Waals surface area contributed by atoms with Crippen LogP contribution in [0.4, 0.5) is 11.4 Å². The monoisotopic (exact) mass is 320 g/mol. The molecule has 0 aromatic heterocycles. The number of aromatic carboxylic acids is 1. The zero-order chi connectivity index (χ0) is 17.3. The molecule has 0 aliphatic heterocycles. The number of nitrogen functional groups attached to an aromatic ring is 2. The largest absolute Gasteiger partial charge is 0.507 e. The van der Waals surface area contributed by atoms with E-state index in [0.717, 1.165) is 11.1 Å². The van der Waals surface area contributed by atoms with Gasteiger partial charge < -0.3 is 21.7 Å². The van der Waals surface area contributed by atoms with Crippen molar-refractivity contribution in [2.45, 2.75) is 0 Å². The van der Waals surface area contributed by atoms with Gasteiger partial charge in [0.2, 0.25) is 0 Å². The number of aromatic hydroxyl groups is 1. The summed E-state index contributed by atoms with van der Waals surface area (Å²) in [6, 6.07) is 17.1. The summed E-state index contributed by atoms with van der Waals surface area (Å²) in [7, 11) is 0. The Morgan fingerprint density at radius 2 is 1.46 bits per heavy atom. The SMILES string of the molecule is Nc1ccc(-c2ccc(N)cc2-c2cccc(O)c2C(=O)O)cc1. The van der Waals surface area contributed by atoms with E-state index in [1.54, 1.807) is 36.4 Å². The van der Waals surface area contributed by atoms with Crippen LogP contribution in [0.15, 0.2) is 60.7 Å². The van der Waals surface area contributed by atoms with Gasteiger partial charge in [-0.1, -0.05) is 30.3 Å². The van der Waals surface area contributed by atoms with Crippen LogP contribution >= 0.6 is 0 Å². The Hall–Kier alpha value is -3.47. The second kappa shape index (κ2) is 5.96. The number of carbonyl (C=O) groups is 1. The number of benzene rings is 3. The van der Waals surface area contributed by atoms with Gasteiger partial charge in [0, 0.05) is 16.9 Å². The summed E-state index contributed by atoms with van der Waals surface area (Å²) in [6.07, 6.45) is 0. The molecule has 3 aromatic carbocycles. The fourth-order valence-corrected chi connectivity index (χ4v) is 2.69. The molecular weight excluding hydrogens is 304 g/mol. The van der Waals surface area contributed by atoms with Crippen molar-refractivity contribution in [1.82, 2.24) is 0 Å². The van der Waals surface area contributed by atoms with Crippen molar-refractivity contribution in [3.63, 3.8) is 0 Å². The zero-order valence-corrected chi connectivity index (χ0v) is 12.7. The second-order valence-electron chi connectivity index (χ2n) is 5.43. The molecule has 0 heterocycles. The van der Waals surface area contributed by atoms with Crippen LogP contribution in [-0.2, 0) is 0 Å². The predicted octanol–water partition coefficient (Wildman–Crippen LogP) is 3.59. The van der Waals surface area contributed by atoms with Crippen LogP contribution in [0.3, 0.4) is 0 Å². The Morgan fingerprint density at radius 1 is 0.792 bits per heavy atom. The molecule has 120 valence electrons. The standard InChI is InChI=1S/C19H16N2O3/c20-12-6-4-11(5-7-12)14-9-8-13(21)10-16(14)15-2-1-3-17(22)18(15)19(23)24/h1-10,22H,20-21H2,(H,23,24). The summed E-state index contributed by atoms with van der Waals surface area (Å²) in [5.74, 6) is -1.49. The van der Waals surface area contributed by atoms with Gasteiger partial charge in [-0.25, -0.2) is 4.79 Å². The summed E-state index contributed by atoms with van der Waals surface area (Å²) in [5.41, 5.74) is 15.3. The lowest BCUT2D eigenvalue weighted by molar-refractivity contribution is 0.0694. The Bertz CT molecular complexity index is 918. The smallest absolute Gasteiger partial charge is 0.340 e. The minimum absolute atomic E-state index is 0.153. The number of rotatable bonds is 3. The average Bonchev–Trinajstić information content (AvgIpc) is 2.55. The number of anilines is 2. The van der Waals surface area contributed by atoms with E-state index in [1.165, 1.54) is 6.07 Å². The molecule has 0 radical (unpaired) electrons. The van der Waals surface area contributed by atoms with Crippen LogP contribution in [0, 0.1) is 0 Å². The van der Waals surface area contributed by atoms with Crippen LogP contribution in [0.1, 0.15) is 10.4 Å². The number of nitrogens with two attached hydrogens (primary N) is 2. The quantitative estimate of drug-likeness (QED) is 0.551. The molecule has 3 aromatic rings. The van der Waals surface area contributed by atoms with E-state index in [2.05, 4.69) is 0 Å². The van der Waals surface area contributed by atoms with Gasteiger partial charge >= 0.3 is 5.97 Å². The molecule has 0 bridgehead atoms. The second-order valence-corrected chi connectivity index (χ2v) is 5.43. The molecule has 6 N–H and O–H groups in total. The molecule has 0 spiro atoms. The summed E-state index contributed by atoms with van der Waals surface area (Å²) in [5, 5.41) is 19.4. The van der Waals surface area contributed by atoms with Gasteiger partial charge in [0.05, 0.1) is 0 Å². The maximum absolute atomic E-state index is 11.6. The van der Waals surface area contributed by atoms with E-state index in [9.17, 15) is 15.0 Å². The van der Waals surface area contributed by atoms with Gasteiger partial charge in [-0.05, 0) is 47.0 Å². The minimum Gasteiger partial charge on any atom is -0.507 e. The highest BCUT2D eigenvalue weighted by Gasteiger charge is 2.19. The number of phenols is 1. The maximum Gasteiger partial charge on any atom is 0.340 e. The average molecular weight is 320 g/mol. The normalized spacial score (nSPS) is 10.5. The van der Waals surface area contributed by atoms with Gasteiger partial charge in [0.1, 0.15) is 11.3 Å². The lowest BCUT2D eigenvalue weighted by atomic mass is 9.91. The summed E-state index contributed by atoms with van der Waals surface area (Å²) in [4.78, 5) is 11.6. The number of carboxylic acids is 1. The Morgan fingerprint density at radius 3 is 2.12 bits per heavy atom. The van der Waals surface area contributed by atoms with Gasteiger partial charge in [-0.2, -0.15) is 0 Å². The van der Waals surface area contributed by atoms with Gasteiger partial charge in [-0.15, -0.1) is 0 Å². The topological polar surface area (TPSA) is 110 Å². The number of carboxylic acid groups (broad SMARTS) is 1. The van der Waals surface area contributed by atoms with Crippen molar-refractivity contribution in [2.24, 2.45) is 0 Å². The number of hydrogen-bond donors (Lipinski definition) is 4. The summed E-state index contributed by atoms with van der Waals surface area (Å²) in [6.45, 7) is 0. The van der Waals surface area contributed by atoms with E-state index >= 15 is 0 Å².